The molecule has 1 aliphatic heterocycles. The van der Waals surface area contributed by atoms with E-state index in [1.54, 1.807) is 34.4 Å². The maximum Gasteiger partial charge on any atom is 0.238 e. The molecule has 1 aromatic heterocycles. The fraction of sp³-hybridized carbons (Fsp3) is 0.550. The van der Waals surface area contributed by atoms with Crippen molar-refractivity contribution in [3.8, 4) is 16.2 Å². The molecule has 0 aliphatic carbocycles. The number of thiazole rings is 1. The average Bonchev–Trinajstić information content (AvgIpc) is 3.72. The fourth-order valence-corrected chi connectivity index (χ4v) is 7.49. The third-order valence-corrected chi connectivity index (χ3v) is 10.7. The van der Waals surface area contributed by atoms with E-state index in [9.17, 15) is 29.0 Å². The number of carbonyl (C=O) groups excluding carboxylic acids is 3. The number of aliphatic hydroxyl groups excluding tert-OH is 2. The van der Waals surface area contributed by atoms with Crippen LogP contribution >= 0.6 is 11.3 Å². The molecule has 1 aliphatic rings. The Hall–Kier alpha value is -3.91. The molecule has 0 bridgehead atoms. The number of hydrogen-bond donors (Lipinski definition) is 5. The molecule has 0 saturated carbocycles. The van der Waals surface area contributed by atoms with E-state index in [0.717, 1.165) is 21.7 Å². The zero-order chi connectivity index (χ0) is 38.7. The van der Waals surface area contributed by atoms with Gasteiger partial charge >= 0.3 is 0 Å². The van der Waals surface area contributed by atoms with Gasteiger partial charge in [-0.2, -0.15) is 0 Å². The standard InChI is InChI=1S/C40H56FN5O6S/c1-25(27-17-19-29(20-18-27)36-26(2)43-24-53-36)44-38(50)31-22-30(47)23-46(31)39(51)37(40(3,4)5)45-34(49)16-8-6-7-12-28-13-11-14-32(35(28)41)52-21-10-9-15-33(42)48/h11,13-14,17-20,24-25,30-31,37,39,47,51H,6-10,12,15-16,21-23H2,1-5H3,(H2,42,48)(H,44,50)(H,45,49)/t25-,30+,31-,37+,39?/m0/s1. The Morgan fingerprint density at radius 2 is 1.77 bits per heavy atom. The van der Waals surface area contributed by atoms with Gasteiger partial charge in [0, 0.05) is 19.4 Å². The fourth-order valence-electron chi connectivity index (χ4n) is 6.68. The number of rotatable bonds is 19. The Morgan fingerprint density at radius 3 is 2.43 bits per heavy atom. The van der Waals surface area contributed by atoms with Crippen molar-refractivity contribution in [2.24, 2.45) is 11.1 Å². The Balaban J connectivity index is 1.27. The van der Waals surface area contributed by atoms with Crippen LogP contribution in [-0.4, -0.2) is 75.4 Å². The van der Waals surface area contributed by atoms with Crippen LogP contribution in [-0.2, 0) is 20.8 Å². The molecule has 6 N–H and O–H groups in total. The summed E-state index contributed by atoms with van der Waals surface area (Å²) in [6.07, 6.45) is 2.26. The molecule has 0 spiro atoms. The number of nitrogens with one attached hydrogen (secondary N) is 2. The predicted octanol–water partition coefficient (Wildman–Crippen LogP) is 5.56. The summed E-state index contributed by atoms with van der Waals surface area (Å²) in [6, 6.07) is 11.2. The third-order valence-electron chi connectivity index (χ3n) is 9.75. The van der Waals surface area contributed by atoms with E-state index in [1.807, 2.05) is 64.4 Å². The summed E-state index contributed by atoms with van der Waals surface area (Å²) in [5.74, 6) is -1.11. The molecule has 1 saturated heterocycles. The highest BCUT2D eigenvalue weighted by Gasteiger charge is 2.45. The Kier molecular flexibility index (Phi) is 15.3. The molecule has 13 heteroatoms. The van der Waals surface area contributed by atoms with Gasteiger partial charge in [-0.05, 0) is 80.5 Å². The van der Waals surface area contributed by atoms with Crippen LogP contribution in [0, 0.1) is 18.2 Å². The molecule has 5 atom stereocenters. The lowest BCUT2D eigenvalue weighted by Gasteiger charge is -2.40. The molecule has 2 aromatic carbocycles. The van der Waals surface area contributed by atoms with Crippen LogP contribution in [0.1, 0.15) is 102 Å². The van der Waals surface area contributed by atoms with Crippen LogP contribution < -0.4 is 21.1 Å². The van der Waals surface area contributed by atoms with E-state index in [4.69, 9.17) is 10.5 Å². The first-order valence-corrected chi connectivity index (χ1v) is 19.4. The predicted molar refractivity (Wildman–Crippen MR) is 204 cm³/mol. The number of carbonyl (C=O) groups is 3. The van der Waals surface area contributed by atoms with Crippen molar-refractivity contribution in [2.45, 2.75) is 123 Å². The van der Waals surface area contributed by atoms with Gasteiger partial charge in [0.15, 0.2) is 11.6 Å². The number of β-amino-alcohol motifs (C(OH)–C–C–N with tert-alkyl or cyclic N) is 1. The second-order valence-corrected chi connectivity index (χ2v) is 16.0. The molecule has 53 heavy (non-hydrogen) atoms. The summed E-state index contributed by atoms with van der Waals surface area (Å²) in [7, 11) is 0. The van der Waals surface area contributed by atoms with Gasteiger partial charge in [-0.1, -0.05) is 63.6 Å². The highest BCUT2D eigenvalue weighted by atomic mass is 32.1. The minimum absolute atomic E-state index is 0.0943. The largest absolute Gasteiger partial charge is 0.491 e. The molecule has 3 aromatic rings. The van der Waals surface area contributed by atoms with Crippen LogP contribution in [0.2, 0.25) is 0 Å². The highest BCUT2D eigenvalue weighted by molar-refractivity contribution is 7.13. The molecule has 2 heterocycles. The van der Waals surface area contributed by atoms with E-state index >= 15 is 0 Å². The quantitative estimate of drug-likeness (QED) is 0.0994. The number of aromatic nitrogens is 1. The van der Waals surface area contributed by atoms with Crippen molar-refractivity contribution in [1.82, 2.24) is 20.5 Å². The number of nitrogens with two attached hydrogens (primary N) is 1. The molecule has 11 nitrogen and oxygen atoms in total. The third kappa shape index (κ3) is 12.0. The molecule has 290 valence electrons. The zero-order valence-electron chi connectivity index (χ0n) is 31.6. The second-order valence-electron chi connectivity index (χ2n) is 15.1. The molecule has 3 amide bonds. The maximum atomic E-state index is 15.0. The number of aryl methyl sites for hydroxylation is 2. The topological polar surface area (TPSA) is 167 Å². The Bertz CT molecular complexity index is 1660. The molecule has 4 rings (SSSR count). The number of primary amides is 1. The summed E-state index contributed by atoms with van der Waals surface area (Å²) >= 11 is 1.58. The van der Waals surface area contributed by atoms with Crippen LogP contribution in [0.25, 0.3) is 10.4 Å². The van der Waals surface area contributed by atoms with E-state index in [1.165, 1.54) is 0 Å². The maximum absolute atomic E-state index is 15.0. The highest BCUT2D eigenvalue weighted by Crippen LogP contribution is 2.31. The van der Waals surface area contributed by atoms with Gasteiger partial charge < -0.3 is 31.3 Å². The van der Waals surface area contributed by atoms with Gasteiger partial charge in [0.2, 0.25) is 17.7 Å². The molecule has 1 fully saturated rings. The molecular formula is C40H56FN5O6S. The van der Waals surface area contributed by atoms with Crippen molar-refractivity contribution >= 4 is 29.1 Å². The van der Waals surface area contributed by atoms with Crippen LogP contribution in [0.5, 0.6) is 5.75 Å². The molecule has 0 radical (unpaired) electrons. The number of unbranched alkanes of at least 4 members (excludes halogenated alkanes) is 3. The van der Waals surface area contributed by atoms with E-state index in [0.29, 0.717) is 50.7 Å². The van der Waals surface area contributed by atoms with Gasteiger partial charge in [-0.3, -0.25) is 19.3 Å². The number of ether oxygens (including phenoxy) is 1. The smallest absolute Gasteiger partial charge is 0.238 e. The number of nitrogens with zero attached hydrogens (tertiary/aromatic N) is 2. The first-order chi connectivity index (χ1) is 25.1. The number of halogens is 1. The second kappa shape index (κ2) is 19.4. The van der Waals surface area contributed by atoms with Crippen molar-refractivity contribution in [3.63, 3.8) is 0 Å². The number of likely N-dealkylation sites (tertiary alicyclic amines) is 1. The van der Waals surface area contributed by atoms with E-state index in [2.05, 4.69) is 15.6 Å². The Labute approximate surface area is 316 Å². The summed E-state index contributed by atoms with van der Waals surface area (Å²) in [5, 5.41) is 28.3. The van der Waals surface area contributed by atoms with Crippen LogP contribution in [0.4, 0.5) is 4.39 Å². The molecule has 1 unspecified atom stereocenters. The number of hydrogen-bond acceptors (Lipinski definition) is 9. The number of amides is 3. The summed E-state index contributed by atoms with van der Waals surface area (Å²) < 4.78 is 20.6. The monoisotopic (exact) mass is 753 g/mol. The summed E-state index contributed by atoms with van der Waals surface area (Å²) in [6.45, 7) is 10.00. The number of benzene rings is 2. The molecular weight excluding hydrogens is 698 g/mol. The van der Waals surface area contributed by atoms with Gasteiger partial charge in [0.1, 0.15) is 6.23 Å². The van der Waals surface area contributed by atoms with Gasteiger partial charge in [0.25, 0.3) is 0 Å². The number of aliphatic hydroxyl groups is 2. The SMILES string of the molecule is Cc1ncsc1-c1ccc([C@H](C)NC(=O)[C@@H]2C[C@@H](O)CN2C(O)[C@@H](NC(=O)CCCCCc2cccc(OCCCCC(N)=O)c2F)C(C)(C)C)cc1. The summed E-state index contributed by atoms with van der Waals surface area (Å²) in [5.41, 5.74) is 9.90. The van der Waals surface area contributed by atoms with Crippen LogP contribution in [0.15, 0.2) is 48.0 Å². The van der Waals surface area contributed by atoms with E-state index < -0.39 is 35.6 Å². The van der Waals surface area contributed by atoms with E-state index in [-0.39, 0.29) is 55.3 Å². The lowest BCUT2D eigenvalue weighted by Crippen LogP contribution is -2.60. The van der Waals surface area contributed by atoms with Crippen molar-refractivity contribution in [3.05, 3.63) is 70.6 Å². The summed E-state index contributed by atoms with van der Waals surface area (Å²) in [4.78, 5) is 44.7. The first kappa shape index (κ1) is 41.8. The van der Waals surface area contributed by atoms with Gasteiger partial charge in [-0.15, -0.1) is 11.3 Å². The van der Waals surface area contributed by atoms with Crippen molar-refractivity contribution < 1.29 is 33.7 Å². The minimum Gasteiger partial charge on any atom is -0.491 e. The lowest BCUT2D eigenvalue weighted by molar-refractivity contribution is -0.135. The zero-order valence-corrected chi connectivity index (χ0v) is 32.4. The first-order valence-electron chi connectivity index (χ1n) is 18.6. The Morgan fingerprint density at radius 1 is 1.06 bits per heavy atom. The van der Waals surface area contributed by atoms with Crippen LogP contribution in [0.3, 0.4) is 0 Å². The normalized spacial score (nSPS) is 18.0. The minimum atomic E-state index is -1.22. The van der Waals surface area contributed by atoms with Crippen molar-refractivity contribution in [1.29, 1.82) is 0 Å². The van der Waals surface area contributed by atoms with Crippen molar-refractivity contribution in [2.75, 3.05) is 13.2 Å². The average molecular weight is 754 g/mol. The lowest BCUT2D eigenvalue weighted by atomic mass is 9.84. The van der Waals surface area contributed by atoms with Gasteiger partial charge in [-0.25, -0.2) is 9.37 Å². The van der Waals surface area contributed by atoms with Gasteiger partial charge in [0.05, 0.1) is 46.9 Å².